The highest BCUT2D eigenvalue weighted by molar-refractivity contribution is 6.05. The van der Waals surface area contributed by atoms with E-state index in [9.17, 15) is 4.79 Å². The Hall–Kier alpha value is -2.43. The summed E-state index contributed by atoms with van der Waals surface area (Å²) in [6.07, 6.45) is 9.34. The maximum atomic E-state index is 12.7. The van der Waals surface area contributed by atoms with Crippen molar-refractivity contribution < 1.29 is 9.53 Å². The number of ether oxygens (including phenoxy) is 1. The Morgan fingerprint density at radius 3 is 2.71 bits per heavy atom. The van der Waals surface area contributed by atoms with E-state index in [2.05, 4.69) is 9.97 Å². The van der Waals surface area contributed by atoms with E-state index in [0.29, 0.717) is 17.3 Å². The van der Waals surface area contributed by atoms with Crippen LogP contribution in [0.1, 0.15) is 48.0 Å². The minimum atomic E-state index is -0.118. The zero-order valence-corrected chi connectivity index (χ0v) is 14.2. The molecule has 3 rings (SSSR count). The van der Waals surface area contributed by atoms with Gasteiger partial charge < -0.3 is 4.74 Å². The molecule has 0 N–H and O–H groups in total. The first kappa shape index (κ1) is 16.4. The molecule has 0 unspecified atom stereocenters. The third-order valence-corrected chi connectivity index (χ3v) is 4.43. The molecule has 1 fully saturated rings. The number of nitrogens with zero attached hydrogens (tertiary/aromatic N) is 3. The molecule has 5 nitrogen and oxygen atoms in total. The average Bonchev–Trinajstić information content (AvgIpc) is 2.62. The van der Waals surface area contributed by atoms with Crippen LogP contribution in [0.4, 0.5) is 5.82 Å². The highest BCUT2D eigenvalue weighted by Crippen LogP contribution is 2.23. The molecular weight excluding hydrogens is 302 g/mol. The van der Waals surface area contributed by atoms with Gasteiger partial charge in [-0.05, 0) is 50.3 Å². The van der Waals surface area contributed by atoms with Crippen LogP contribution in [0.15, 0.2) is 36.7 Å². The summed E-state index contributed by atoms with van der Waals surface area (Å²) in [5.41, 5.74) is 1.52. The van der Waals surface area contributed by atoms with Gasteiger partial charge in [0.25, 0.3) is 5.91 Å². The van der Waals surface area contributed by atoms with Gasteiger partial charge in [-0.1, -0.05) is 12.5 Å². The fraction of sp³-hybridized carbons (Fsp3) is 0.421. The lowest BCUT2D eigenvalue weighted by Gasteiger charge is -2.23. The number of hydrogen-bond acceptors (Lipinski definition) is 4. The quantitative estimate of drug-likeness (QED) is 0.858. The smallest absolute Gasteiger partial charge is 0.259 e. The first-order valence-electron chi connectivity index (χ1n) is 8.47. The summed E-state index contributed by atoms with van der Waals surface area (Å²) in [6.45, 7) is 1.94. The van der Waals surface area contributed by atoms with Gasteiger partial charge in [0.05, 0.1) is 0 Å². The largest absolute Gasteiger partial charge is 0.474 e. The summed E-state index contributed by atoms with van der Waals surface area (Å²) in [5, 5.41) is 0. The van der Waals surface area contributed by atoms with Gasteiger partial charge in [0, 0.05) is 31.1 Å². The molecule has 1 aliphatic rings. The molecule has 5 heteroatoms. The van der Waals surface area contributed by atoms with Crippen LogP contribution in [0.5, 0.6) is 5.88 Å². The van der Waals surface area contributed by atoms with Crippen LogP contribution in [0.2, 0.25) is 0 Å². The van der Waals surface area contributed by atoms with Crippen LogP contribution < -0.4 is 9.64 Å². The lowest BCUT2D eigenvalue weighted by atomic mass is 9.98. The maximum Gasteiger partial charge on any atom is 0.259 e. The Kier molecular flexibility index (Phi) is 5.08. The number of hydrogen-bond donors (Lipinski definition) is 0. The first-order chi connectivity index (χ1) is 11.6. The van der Waals surface area contributed by atoms with Crippen molar-refractivity contribution in [3.63, 3.8) is 0 Å². The third kappa shape index (κ3) is 3.72. The summed E-state index contributed by atoms with van der Waals surface area (Å²) < 4.78 is 5.96. The molecule has 126 valence electrons. The minimum absolute atomic E-state index is 0.118. The summed E-state index contributed by atoms with van der Waals surface area (Å²) in [6, 6.07) is 7.24. The summed E-state index contributed by atoms with van der Waals surface area (Å²) in [4.78, 5) is 22.9. The molecule has 0 spiro atoms. The molecule has 0 bridgehead atoms. The molecule has 1 aliphatic carbocycles. The molecule has 2 aromatic rings. The normalized spacial score (nSPS) is 15.1. The lowest BCUT2D eigenvalue weighted by molar-refractivity contribution is 0.0990. The Bertz CT molecular complexity index is 711. The lowest BCUT2D eigenvalue weighted by Crippen LogP contribution is -2.28. The second-order valence-corrected chi connectivity index (χ2v) is 6.27. The van der Waals surface area contributed by atoms with Crippen LogP contribution in [-0.4, -0.2) is 29.0 Å². The number of carbonyl (C=O) groups is 1. The van der Waals surface area contributed by atoms with Gasteiger partial charge in [0.15, 0.2) is 0 Å². The van der Waals surface area contributed by atoms with E-state index in [1.165, 1.54) is 19.3 Å². The highest BCUT2D eigenvalue weighted by atomic mass is 16.5. The molecule has 2 heterocycles. The number of amides is 1. The fourth-order valence-electron chi connectivity index (χ4n) is 3.08. The van der Waals surface area contributed by atoms with Crippen LogP contribution in [-0.2, 0) is 0 Å². The molecule has 2 aromatic heterocycles. The summed E-state index contributed by atoms with van der Waals surface area (Å²) in [7, 11) is 1.74. The molecule has 24 heavy (non-hydrogen) atoms. The van der Waals surface area contributed by atoms with Crippen molar-refractivity contribution in [1.29, 1.82) is 0 Å². The van der Waals surface area contributed by atoms with E-state index in [0.717, 1.165) is 18.4 Å². The standard InChI is InChI=1S/C19H23N3O2/c1-14-7-6-11-21-18(14)22(2)19(23)15-10-12-20-17(13-15)24-16-8-4-3-5-9-16/h6-7,10-13,16H,3-5,8-9H2,1-2H3. The van der Waals surface area contributed by atoms with Gasteiger partial charge >= 0.3 is 0 Å². The van der Waals surface area contributed by atoms with Crippen molar-refractivity contribution in [2.75, 3.05) is 11.9 Å². The summed E-state index contributed by atoms with van der Waals surface area (Å²) in [5.74, 6) is 1.07. The molecule has 0 aliphatic heterocycles. The Morgan fingerprint density at radius 2 is 1.96 bits per heavy atom. The number of anilines is 1. The first-order valence-corrected chi connectivity index (χ1v) is 8.47. The van der Waals surface area contributed by atoms with E-state index in [-0.39, 0.29) is 12.0 Å². The molecule has 0 aromatic carbocycles. The molecular formula is C19H23N3O2. The Balaban J connectivity index is 1.75. The van der Waals surface area contributed by atoms with Crippen molar-refractivity contribution in [2.45, 2.75) is 45.1 Å². The van der Waals surface area contributed by atoms with E-state index in [1.54, 1.807) is 36.5 Å². The van der Waals surface area contributed by atoms with Crippen molar-refractivity contribution >= 4 is 11.7 Å². The molecule has 0 atom stereocenters. The van der Waals surface area contributed by atoms with E-state index < -0.39 is 0 Å². The second-order valence-electron chi connectivity index (χ2n) is 6.27. The second kappa shape index (κ2) is 7.43. The fourth-order valence-corrected chi connectivity index (χ4v) is 3.08. The van der Waals surface area contributed by atoms with Crippen LogP contribution in [0.25, 0.3) is 0 Å². The highest BCUT2D eigenvalue weighted by Gasteiger charge is 2.19. The Labute approximate surface area is 142 Å². The SMILES string of the molecule is Cc1cccnc1N(C)C(=O)c1ccnc(OC2CCCCC2)c1. The van der Waals surface area contributed by atoms with Gasteiger partial charge in [-0.25, -0.2) is 9.97 Å². The Morgan fingerprint density at radius 1 is 1.17 bits per heavy atom. The number of aromatic nitrogens is 2. The van der Waals surface area contributed by atoms with Gasteiger partial charge in [0.1, 0.15) is 11.9 Å². The van der Waals surface area contributed by atoms with Crippen molar-refractivity contribution in [2.24, 2.45) is 0 Å². The summed E-state index contributed by atoms with van der Waals surface area (Å²) >= 11 is 0. The van der Waals surface area contributed by atoms with Gasteiger partial charge in [-0.15, -0.1) is 0 Å². The maximum absolute atomic E-state index is 12.7. The van der Waals surface area contributed by atoms with Crippen molar-refractivity contribution in [1.82, 2.24) is 9.97 Å². The molecule has 0 radical (unpaired) electrons. The van der Waals surface area contributed by atoms with E-state index in [1.807, 2.05) is 19.1 Å². The number of rotatable bonds is 4. The van der Waals surface area contributed by atoms with Crippen LogP contribution in [0.3, 0.4) is 0 Å². The average molecular weight is 325 g/mol. The number of aryl methyl sites for hydroxylation is 1. The predicted molar refractivity (Wildman–Crippen MR) is 93.4 cm³/mol. The van der Waals surface area contributed by atoms with Crippen molar-refractivity contribution in [3.8, 4) is 5.88 Å². The van der Waals surface area contributed by atoms with Crippen LogP contribution in [0, 0.1) is 6.92 Å². The van der Waals surface area contributed by atoms with E-state index in [4.69, 9.17) is 4.74 Å². The van der Waals surface area contributed by atoms with Gasteiger partial charge in [0.2, 0.25) is 5.88 Å². The minimum Gasteiger partial charge on any atom is -0.474 e. The van der Waals surface area contributed by atoms with E-state index >= 15 is 0 Å². The molecule has 0 saturated heterocycles. The van der Waals surface area contributed by atoms with Gasteiger partial charge in [-0.2, -0.15) is 0 Å². The topological polar surface area (TPSA) is 55.3 Å². The zero-order chi connectivity index (χ0) is 16.9. The number of carbonyl (C=O) groups excluding carboxylic acids is 1. The monoisotopic (exact) mass is 325 g/mol. The van der Waals surface area contributed by atoms with Crippen molar-refractivity contribution in [3.05, 3.63) is 47.8 Å². The van der Waals surface area contributed by atoms with Crippen LogP contribution >= 0.6 is 0 Å². The molecule has 1 saturated carbocycles. The number of pyridine rings is 2. The third-order valence-electron chi connectivity index (χ3n) is 4.43. The molecule has 1 amide bonds. The predicted octanol–water partition coefficient (Wildman–Crippen LogP) is 3.77. The zero-order valence-electron chi connectivity index (χ0n) is 14.2. The van der Waals surface area contributed by atoms with Gasteiger partial charge in [-0.3, -0.25) is 9.69 Å².